The maximum Gasteiger partial charge on any atom is 0.222 e. The van der Waals surface area contributed by atoms with Crippen molar-refractivity contribution in [2.75, 3.05) is 5.32 Å². The van der Waals surface area contributed by atoms with Crippen LogP contribution < -0.4 is 5.32 Å². The number of rotatable bonds is 3. The number of hydrogen-bond acceptors (Lipinski definition) is 2. The van der Waals surface area contributed by atoms with Crippen LogP contribution in [-0.4, -0.2) is 15.7 Å². The van der Waals surface area contributed by atoms with Crippen molar-refractivity contribution in [1.82, 2.24) is 9.78 Å². The molecule has 0 aliphatic rings. The molecule has 0 saturated carbocycles. The first-order chi connectivity index (χ1) is 11.0. The van der Waals surface area contributed by atoms with Crippen molar-refractivity contribution in [2.45, 2.75) is 6.92 Å². The van der Waals surface area contributed by atoms with Gasteiger partial charge < -0.3 is 5.32 Å². The van der Waals surface area contributed by atoms with Crippen molar-refractivity contribution in [3.8, 4) is 16.9 Å². The highest BCUT2D eigenvalue weighted by Crippen LogP contribution is 2.26. The number of carbonyl (C=O) groups excluding carboxylic acids is 1. The second-order valence-corrected chi connectivity index (χ2v) is 5.87. The molecular weight excluding hydrogens is 333 g/mol. The Labute approximate surface area is 143 Å². The zero-order valence-electron chi connectivity index (χ0n) is 12.3. The molecule has 116 valence electrons. The first-order valence-corrected chi connectivity index (χ1v) is 7.68. The van der Waals surface area contributed by atoms with Gasteiger partial charge in [0.05, 0.1) is 11.4 Å². The molecular formula is C17H13Cl2N3O. The van der Waals surface area contributed by atoms with Crippen LogP contribution in [0.5, 0.6) is 0 Å². The quantitative estimate of drug-likeness (QED) is 0.740. The Hall–Kier alpha value is -2.30. The molecule has 6 heteroatoms. The Kier molecular flexibility index (Phi) is 4.37. The maximum atomic E-state index is 11.5. The third kappa shape index (κ3) is 3.55. The molecule has 0 aliphatic heterocycles. The summed E-state index contributed by atoms with van der Waals surface area (Å²) < 4.78 is 1.65. The summed E-state index contributed by atoms with van der Waals surface area (Å²) in [6, 6.07) is 16.4. The van der Waals surface area contributed by atoms with Gasteiger partial charge in [0.15, 0.2) is 0 Å². The number of nitrogens with zero attached hydrogens (tertiary/aromatic N) is 2. The van der Waals surface area contributed by atoms with Gasteiger partial charge in [0.25, 0.3) is 0 Å². The monoisotopic (exact) mass is 345 g/mol. The van der Waals surface area contributed by atoms with E-state index >= 15 is 0 Å². The van der Waals surface area contributed by atoms with Gasteiger partial charge in [0, 0.05) is 28.6 Å². The molecule has 1 heterocycles. The lowest BCUT2D eigenvalue weighted by Crippen LogP contribution is -2.10. The van der Waals surface area contributed by atoms with Gasteiger partial charge in [-0.05, 0) is 30.3 Å². The molecule has 0 saturated heterocycles. The van der Waals surface area contributed by atoms with Gasteiger partial charge in [0.1, 0.15) is 5.82 Å². The zero-order valence-corrected chi connectivity index (χ0v) is 13.8. The molecule has 0 radical (unpaired) electrons. The SMILES string of the molecule is CC(=O)Nc1cc(-c2ccc(Cl)cc2)nn1-c1cccc(Cl)c1. The summed E-state index contributed by atoms with van der Waals surface area (Å²) in [6.07, 6.45) is 0. The summed E-state index contributed by atoms with van der Waals surface area (Å²) in [5, 5.41) is 8.61. The Bertz CT molecular complexity index is 857. The molecule has 1 amide bonds. The number of anilines is 1. The van der Waals surface area contributed by atoms with E-state index in [4.69, 9.17) is 23.2 Å². The molecule has 0 unspecified atom stereocenters. The van der Waals surface area contributed by atoms with E-state index < -0.39 is 0 Å². The van der Waals surface area contributed by atoms with Crippen LogP contribution >= 0.6 is 23.2 Å². The molecule has 0 fully saturated rings. The van der Waals surface area contributed by atoms with Crippen molar-refractivity contribution < 1.29 is 4.79 Å². The van der Waals surface area contributed by atoms with Crippen LogP contribution in [0.25, 0.3) is 16.9 Å². The number of amides is 1. The standard InChI is InChI=1S/C17H13Cl2N3O/c1-11(23)20-17-10-16(12-5-7-13(18)8-6-12)21-22(17)15-4-2-3-14(19)9-15/h2-10H,1H3,(H,20,23). The Balaban J connectivity index is 2.10. The number of carbonyl (C=O) groups is 1. The van der Waals surface area contributed by atoms with Crippen molar-refractivity contribution >= 4 is 34.9 Å². The van der Waals surface area contributed by atoms with E-state index in [1.165, 1.54) is 6.92 Å². The van der Waals surface area contributed by atoms with Crippen LogP contribution in [0.2, 0.25) is 10.0 Å². The Morgan fingerprint density at radius 1 is 1.04 bits per heavy atom. The lowest BCUT2D eigenvalue weighted by molar-refractivity contribution is -0.114. The fraction of sp³-hybridized carbons (Fsp3) is 0.0588. The minimum absolute atomic E-state index is 0.171. The third-order valence-corrected chi connectivity index (χ3v) is 3.69. The molecule has 1 aromatic heterocycles. The van der Waals surface area contributed by atoms with Crippen LogP contribution in [0.3, 0.4) is 0 Å². The molecule has 3 rings (SSSR count). The third-order valence-electron chi connectivity index (χ3n) is 3.21. The van der Waals surface area contributed by atoms with E-state index in [-0.39, 0.29) is 5.91 Å². The van der Waals surface area contributed by atoms with Crippen LogP contribution in [0, 0.1) is 0 Å². The van der Waals surface area contributed by atoms with E-state index in [9.17, 15) is 4.79 Å². The molecule has 0 atom stereocenters. The van der Waals surface area contributed by atoms with Crippen molar-refractivity contribution in [3.05, 3.63) is 64.6 Å². The van der Waals surface area contributed by atoms with Gasteiger partial charge in [-0.1, -0.05) is 41.4 Å². The van der Waals surface area contributed by atoms with Crippen molar-refractivity contribution in [2.24, 2.45) is 0 Å². The van der Waals surface area contributed by atoms with E-state index in [2.05, 4.69) is 10.4 Å². The highest BCUT2D eigenvalue weighted by molar-refractivity contribution is 6.31. The van der Waals surface area contributed by atoms with Crippen molar-refractivity contribution in [3.63, 3.8) is 0 Å². The van der Waals surface area contributed by atoms with Gasteiger partial charge in [-0.25, -0.2) is 4.68 Å². The van der Waals surface area contributed by atoms with Crippen LogP contribution in [0.4, 0.5) is 5.82 Å². The summed E-state index contributed by atoms with van der Waals surface area (Å²) in [5.74, 6) is 0.403. The predicted octanol–water partition coefficient (Wildman–Crippen LogP) is 4.80. The molecule has 23 heavy (non-hydrogen) atoms. The Morgan fingerprint density at radius 3 is 2.43 bits per heavy atom. The first-order valence-electron chi connectivity index (χ1n) is 6.92. The average molecular weight is 346 g/mol. The van der Waals surface area contributed by atoms with Gasteiger partial charge in [-0.3, -0.25) is 4.79 Å². The lowest BCUT2D eigenvalue weighted by Gasteiger charge is -2.07. The largest absolute Gasteiger partial charge is 0.311 e. The lowest BCUT2D eigenvalue weighted by atomic mass is 10.1. The van der Waals surface area contributed by atoms with Gasteiger partial charge in [-0.15, -0.1) is 0 Å². The molecule has 1 N–H and O–H groups in total. The number of halogens is 2. The second-order valence-electron chi connectivity index (χ2n) is 4.99. The van der Waals surface area contributed by atoms with Gasteiger partial charge in [0.2, 0.25) is 5.91 Å². The molecule has 4 nitrogen and oxygen atoms in total. The summed E-state index contributed by atoms with van der Waals surface area (Å²) in [5.41, 5.74) is 2.40. The summed E-state index contributed by atoms with van der Waals surface area (Å²) in [7, 11) is 0. The topological polar surface area (TPSA) is 46.9 Å². The summed E-state index contributed by atoms with van der Waals surface area (Å²) >= 11 is 12.0. The molecule has 3 aromatic rings. The number of benzene rings is 2. The zero-order chi connectivity index (χ0) is 16.4. The molecule has 0 aliphatic carbocycles. The van der Waals surface area contributed by atoms with Gasteiger partial charge in [-0.2, -0.15) is 5.10 Å². The minimum Gasteiger partial charge on any atom is -0.311 e. The van der Waals surface area contributed by atoms with Crippen LogP contribution in [-0.2, 0) is 4.79 Å². The minimum atomic E-state index is -0.171. The number of nitrogens with one attached hydrogen (secondary N) is 1. The number of aromatic nitrogens is 2. The van der Waals surface area contributed by atoms with Crippen molar-refractivity contribution in [1.29, 1.82) is 0 Å². The predicted molar refractivity (Wildman–Crippen MR) is 93.3 cm³/mol. The van der Waals surface area contributed by atoms with E-state index in [0.29, 0.717) is 15.9 Å². The fourth-order valence-corrected chi connectivity index (χ4v) is 2.53. The maximum absolute atomic E-state index is 11.5. The van der Waals surface area contributed by atoms with Gasteiger partial charge >= 0.3 is 0 Å². The van der Waals surface area contributed by atoms with E-state index in [1.54, 1.807) is 28.9 Å². The average Bonchev–Trinajstić information content (AvgIpc) is 2.91. The first kappa shape index (κ1) is 15.6. The highest BCUT2D eigenvalue weighted by atomic mass is 35.5. The smallest absolute Gasteiger partial charge is 0.222 e. The molecule has 0 bridgehead atoms. The molecule has 2 aromatic carbocycles. The summed E-state index contributed by atoms with van der Waals surface area (Å²) in [4.78, 5) is 11.5. The van der Waals surface area contributed by atoms with Crippen LogP contribution in [0.15, 0.2) is 54.6 Å². The fourth-order valence-electron chi connectivity index (χ4n) is 2.22. The molecule has 0 spiro atoms. The van der Waals surface area contributed by atoms with Crippen LogP contribution in [0.1, 0.15) is 6.92 Å². The number of hydrogen-bond donors (Lipinski definition) is 1. The second kappa shape index (κ2) is 6.44. The Morgan fingerprint density at radius 2 is 1.78 bits per heavy atom. The van der Waals surface area contributed by atoms with E-state index in [0.717, 1.165) is 16.9 Å². The summed E-state index contributed by atoms with van der Waals surface area (Å²) in [6.45, 7) is 1.46. The van der Waals surface area contributed by atoms with E-state index in [1.807, 2.05) is 30.3 Å². The highest BCUT2D eigenvalue weighted by Gasteiger charge is 2.12. The normalized spacial score (nSPS) is 10.6.